The van der Waals surface area contributed by atoms with Crippen molar-refractivity contribution in [1.82, 2.24) is 0 Å². The van der Waals surface area contributed by atoms with Crippen molar-refractivity contribution in [1.29, 1.82) is 0 Å². The summed E-state index contributed by atoms with van der Waals surface area (Å²) < 4.78 is 0. The molecule has 82 valence electrons. The van der Waals surface area contributed by atoms with E-state index in [4.69, 9.17) is 0 Å². The molecule has 0 saturated heterocycles. The van der Waals surface area contributed by atoms with Gasteiger partial charge in [0, 0.05) is 5.56 Å². The highest BCUT2D eigenvalue weighted by atomic mass is 16.1. The Morgan fingerprint density at radius 2 is 1.81 bits per heavy atom. The number of rotatable bonds is 4. The lowest BCUT2D eigenvalue weighted by Gasteiger charge is -1.95. The topological polar surface area (TPSA) is 17.1 Å². The summed E-state index contributed by atoms with van der Waals surface area (Å²) >= 11 is 0. The molecule has 0 N–H and O–H groups in total. The van der Waals surface area contributed by atoms with E-state index < -0.39 is 0 Å². The number of hydrogen-bond donors (Lipinski definition) is 0. The molecule has 0 spiro atoms. The molecule has 0 radical (unpaired) electrons. The van der Waals surface area contributed by atoms with E-state index in [0.29, 0.717) is 0 Å². The predicted molar refractivity (Wildman–Crippen MR) is 68.5 cm³/mol. The zero-order valence-corrected chi connectivity index (χ0v) is 9.68. The third-order valence-corrected chi connectivity index (χ3v) is 2.08. The van der Waals surface area contributed by atoms with Gasteiger partial charge in [-0.05, 0) is 25.5 Å². The van der Waals surface area contributed by atoms with Crippen molar-refractivity contribution in [3.05, 3.63) is 71.8 Å². The molecule has 16 heavy (non-hydrogen) atoms. The molecule has 1 aromatic rings. The third-order valence-electron chi connectivity index (χ3n) is 2.08. The molecule has 0 amide bonds. The highest BCUT2D eigenvalue weighted by Crippen LogP contribution is 2.04. The van der Waals surface area contributed by atoms with E-state index in [2.05, 4.69) is 0 Å². The number of ketones is 1. The van der Waals surface area contributed by atoms with Crippen molar-refractivity contribution in [2.75, 3.05) is 0 Å². The van der Waals surface area contributed by atoms with Crippen molar-refractivity contribution in [3.63, 3.8) is 0 Å². The van der Waals surface area contributed by atoms with Crippen LogP contribution in [0.15, 0.2) is 66.3 Å². The van der Waals surface area contributed by atoms with Gasteiger partial charge in [-0.25, -0.2) is 0 Å². The summed E-state index contributed by atoms with van der Waals surface area (Å²) in [5.74, 6) is 0.0447. The van der Waals surface area contributed by atoms with Crippen LogP contribution >= 0.6 is 0 Å². The van der Waals surface area contributed by atoms with Gasteiger partial charge in [0.15, 0.2) is 5.78 Å². The first-order chi connectivity index (χ1) is 7.74. The number of hydrogen-bond acceptors (Lipinski definition) is 1. The number of allylic oxidation sites excluding steroid dienone is 6. The summed E-state index contributed by atoms with van der Waals surface area (Å²) in [5.41, 5.74) is 1.67. The van der Waals surface area contributed by atoms with Gasteiger partial charge in [-0.15, -0.1) is 0 Å². The normalized spacial score (nSPS) is 12.5. The van der Waals surface area contributed by atoms with Crippen molar-refractivity contribution in [2.24, 2.45) is 0 Å². The van der Waals surface area contributed by atoms with Crippen LogP contribution in [-0.4, -0.2) is 5.78 Å². The lowest BCUT2D eigenvalue weighted by molar-refractivity contribution is 0.104. The molecule has 0 fully saturated rings. The molecular weight excluding hydrogens is 196 g/mol. The molecule has 1 aromatic carbocycles. The van der Waals surface area contributed by atoms with Crippen LogP contribution in [0.1, 0.15) is 24.2 Å². The Morgan fingerprint density at radius 1 is 1.12 bits per heavy atom. The van der Waals surface area contributed by atoms with Gasteiger partial charge >= 0.3 is 0 Å². The summed E-state index contributed by atoms with van der Waals surface area (Å²) in [6.07, 6.45) is 9.37. The zero-order chi connectivity index (χ0) is 11.8. The molecule has 0 bridgehead atoms. The number of benzene rings is 1. The van der Waals surface area contributed by atoms with Crippen molar-refractivity contribution < 1.29 is 4.79 Å². The molecule has 1 nitrogen and oxygen atoms in total. The minimum atomic E-state index is 0.0447. The molecule has 0 aliphatic heterocycles. The van der Waals surface area contributed by atoms with Crippen molar-refractivity contribution in [2.45, 2.75) is 13.8 Å². The average Bonchev–Trinajstić information content (AvgIpc) is 2.30. The van der Waals surface area contributed by atoms with Crippen molar-refractivity contribution in [3.8, 4) is 0 Å². The molecule has 0 aliphatic rings. The zero-order valence-electron chi connectivity index (χ0n) is 9.68. The number of carbonyl (C=O) groups is 1. The molecule has 1 heteroatoms. The van der Waals surface area contributed by atoms with Gasteiger partial charge in [-0.1, -0.05) is 54.6 Å². The maximum atomic E-state index is 11.8. The van der Waals surface area contributed by atoms with Gasteiger partial charge < -0.3 is 0 Å². The van der Waals surface area contributed by atoms with Crippen LogP contribution in [0, 0.1) is 0 Å². The molecular formula is C15H16O. The van der Waals surface area contributed by atoms with Crippen LogP contribution in [0.5, 0.6) is 0 Å². The lowest BCUT2D eigenvalue weighted by atomic mass is 10.1. The minimum Gasteiger partial charge on any atom is -0.289 e. The fourth-order valence-electron chi connectivity index (χ4n) is 1.26. The summed E-state index contributed by atoms with van der Waals surface area (Å²) in [4.78, 5) is 11.8. The van der Waals surface area contributed by atoms with Crippen LogP contribution in [0.25, 0.3) is 0 Å². The Labute approximate surface area is 96.8 Å². The van der Waals surface area contributed by atoms with E-state index in [-0.39, 0.29) is 5.78 Å². The standard InChI is InChI=1S/C15H16O/c1-3-4-6-9-13(2)12-15(16)14-10-7-5-8-11-14/h3-12H,1-2H3/b4-3-,9-6-,13-12-. The van der Waals surface area contributed by atoms with Gasteiger partial charge in [0.1, 0.15) is 0 Å². The van der Waals surface area contributed by atoms with Crippen molar-refractivity contribution >= 4 is 5.78 Å². The van der Waals surface area contributed by atoms with Crippen LogP contribution in [0.4, 0.5) is 0 Å². The van der Waals surface area contributed by atoms with Gasteiger partial charge in [0.05, 0.1) is 0 Å². The molecule has 0 saturated carbocycles. The Bertz CT molecular complexity index is 422. The molecule has 0 aromatic heterocycles. The number of carbonyl (C=O) groups excluding carboxylic acids is 1. The molecule has 0 atom stereocenters. The highest BCUT2D eigenvalue weighted by molar-refractivity contribution is 6.05. The monoisotopic (exact) mass is 212 g/mol. The van der Waals surface area contributed by atoms with E-state index in [1.807, 2.05) is 68.5 Å². The first kappa shape index (κ1) is 12.2. The van der Waals surface area contributed by atoms with Gasteiger partial charge in [0.25, 0.3) is 0 Å². The first-order valence-corrected chi connectivity index (χ1v) is 5.31. The van der Waals surface area contributed by atoms with Crippen LogP contribution in [0.2, 0.25) is 0 Å². The second-order valence-corrected chi connectivity index (χ2v) is 3.50. The smallest absolute Gasteiger partial charge is 0.186 e. The van der Waals surface area contributed by atoms with E-state index in [1.54, 1.807) is 6.08 Å². The van der Waals surface area contributed by atoms with Gasteiger partial charge in [-0.2, -0.15) is 0 Å². The van der Waals surface area contributed by atoms with E-state index in [9.17, 15) is 4.79 Å². The average molecular weight is 212 g/mol. The maximum Gasteiger partial charge on any atom is 0.186 e. The second kappa shape index (κ2) is 6.57. The van der Waals surface area contributed by atoms with Gasteiger partial charge in [0.2, 0.25) is 0 Å². The first-order valence-electron chi connectivity index (χ1n) is 5.31. The third kappa shape index (κ3) is 4.09. The molecule has 0 heterocycles. The maximum absolute atomic E-state index is 11.8. The molecule has 1 rings (SSSR count). The fraction of sp³-hybridized carbons (Fsp3) is 0.133. The van der Waals surface area contributed by atoms with E-state index in [0.717, 1.165) is 11.1 Å². The van der Waals surface area contributed by atoms with E-state index >= 15 is 0 Å². The summed E-state index contributed by atoms with van der Waals surface area (Å²) in [5, 5.41) is 0. The predicted octanol–water partition coefficient (Wildman–Crippen LogP) is 3.95. The van der Waals surface area contributed by atoms with Crippen LogP contribution < -0.4 is 0 Å². The Hall–Kier alpha value is -1.89. The SMILES string of the molecule is C\C=C/C=C\C(C)=C/C(=O)c1ccccc1. The summed E-state index contributed by atoms with van der Waals surface area (Å²) in [6, 6.07) is 9.28. The van der Waals surface area contributed by atoms with E-state index in [1.165, 1.54) is 0 Å². The minimum absolute atomic E-state index is 0.0447. The quantitative estimate of drug-likeness (QED) is 0.419. The Morgan fingerprint density at radius 3 is 2.44 bits per heavy atom. The largest absolute Gasteiger partial charge is 0.289 e. The van der Waals surface area contributed by atoms with Gasteiger partial charge in [-0.3, -0.25) is 4.79 Å². The second-order valence-electron chi connectivity index (χ2n) is 3.50. The van der Waals surface area contributed by atoms with Crippen LogP contribution in [0.3, 0.4) is 0 Å². The highest BCUT2D eigenvalue weighted by Gasteiger charge is 1.99. The Kier molecular flexibility index (Phi) is 5.00. The molecule has 0 unspecified atom stereocenters. The summed E-state index contributed by atoms with van der Waals surface area (Å²) in [7, 11) is 0. The lowest BCUT2D eigenvalue weighted by Crippen LogP contribution is -1.94. The molecule has 0 aliphatic carbocycles. The summed E-state index contributed by atoms with van der Waals surface area (Å²) in [6.45, 7) is 3.87. The fourth-order valence-corrected chi connectivity index (χ4v) is 1.26. The van der Waals surface area contributed by atoms with Crippen LogP contribution in [-0.2, 0) is 0 Å². The Balaban J connectivity index is 2.73.